The Morgan fingerprint density at radius 2 is 2.00 bits per heavy atom. The van der Waals surface area contributed by atoms with Crippen molar-refractivity contribution in [2.24, 2.45) is 5.92 Å². The Bertz CT molecular complexity index is 467. The normalized spacial score (nSPS) is 17.0. The Morgan fingerprint density at radius 3 is 2.61 bits per heavy atom. The van der Waals surface area contributed by atoms with Gasteiger partial charge in [-0.1, -0.05) is 6.92 Å². The number of carbonyl (C=O) groups excluding carboxylic acids is 1. The molecule has 4 heteroatoms. The number of rotatable bonds is 1. The van der Waals surface area contributed by atoms with Crippen molar-refractivity contribution in [3.8, 4) is 0 Å². The molecule has 1 saturated heterocycles. The average Bonchev–Trinajstić information content (AvgIpc) is 2.34. The highest BCUT2D eigenvalue weighted by atomic mass is 79.9. The predicted molar refractivity (Wildman–Crippen MR) is 73.1 cm³/mol. The van der Waals surface area contributed by atoms with E-state index < -0.39 is 5.82 Å². The summed E-state index contributed by atoms with van der Waals surface area (Å²) in [4.78, 5) is 14.1. The average molecular weight is 314 g/mol. The van der Waals surface area contributed by atoms with Gasteiger partial charge in [-0.3, -0.25) is 4.79 Å². The first-order valence-electron chi connectivity index (χ1n) is 6.24. The second-order valence-electron chi connectivity index (χ2n) is 5.08. The van der Waals surface area contributed by atoms with Gasteiger partial charge in [0.25, 0.3) is 5.91 Å². The minimum absolute atomic E-state index is 0.177. The maximum absolute atomic E-state index is 14.0. The van der Waals surface area contributed by atoms with Gasteiger partial charge in [0.15, 0.2) is 0 Å². The predicted octanol–water partition coefficient (Wildman–Crippen LogP) is 3.77. The van der Waals surface area contributed by atoms with E-state index in [0.717, 1.165) is 31.5 Å². The summed E-state index contributed by atoms with van der Waals surface area (Å²) in [5, 5.41) is 0. The Kier molecular flexibility index (Phi) is 4.05. The largest absolute Gasteiger partial charge is 0.339 e. The Hall–Kier alpha value is -0.900. The molecule has 0 N–H and O–H groups in total. The number of hydrogen-bond donors (Lipinski definition) is 0. The molecule has 2 nitrogen and oxygen atoms in total. The number of nitrogens with zero attached hydrogens (tertiary/aromatic N) is 1. The van der Waals surface area contributed by atoms with Crippen LogP contribution in [0.5, 0.6) is 0 Å². The van der Waals surface area contributed by atoms with Crippen LogP contribution in [-0.2, 0) is 0 Å². The summed E-state index contributed by atoms with van der Waals surface area (Å²) in [5.41, 5.74) is 1.06. The lowest BCUT2D eigenvalue weighted by atomic mass is 9.98. The van der Waals surface area contributed by atoms with Crippen LogP contribution in [0.4, 0.5) is 4.39 Å². The molecule has 1 aliphatic rings. The van der Waals surface area contributed by atoms with Gasteiger partial charge in [0.05, 0.1) is 10.0 Å². The fraction of sp³-hybridized carbons (Fsp3) is 0.500. The summed E-state index contributed by atoms with van der Waals surface area (Å²) >= 11 is 3.15. The van der Waals surface area contributed by atoms with Crippen molar-refractivity contribution in [2.75, 3.05) is 13.1 Å². The molecule has 0 aliphatic carbocycles. The number of aryl methyl sites for hydroxylation is 1. The van der Waals surface area contributed by atoms with Gasteiger partial charge in [-0.2, -0.15) is 0 Å². The minimum atomic E-state index is -0.454. The highest BCUT2D eigenvalue weighted by Gasteiger charge is 2.24. The highest BCUT2D eigenvalue weighted by molar-refractivity contribution is 9.10. The molecule has 0 radical (unpaired) electrons. The Balaban J connectivity index is 2.23. The molecular weight excluding hydrogens is 297 g/mol. The minimum Gasteiger partial charge on any atom is -0.339 e. The molecule has 1 fully saturated rings. The molecule has 2 rings (SSSR count). The molecule has 0 spiro atoms. The van der Waals surface area contributed by atoms with E-state index in [9.17, 15) is 9.18 Å². The fourth-order valence-corrected chi connectivity index (χ4v) is 2.84. The SMILES string of the molecule is Cc1cc(Br)c(F)c(C(=O)N2CCC(C)CC2)c1. The van der Waals surface area contributed by atoms with Crippen LogP contribution in [0.25, 0.3) is 0 Å². The van der Waals surface area contributed by atoms with Gasteiger partial charge in [0, 0.05) is 13.1 Å². The van der Waals surface area contributed by atoms with Crippen LogP contribution in [0.1, 0.15) is 35.7 Å². The van der Waals surface area contributed by atoms with Crippen LogP contribution in [0.2, 0.25) is 0 Å². The lowest BCUT2D eigenvalue weighted by Gasteiger charge is -2.30. The van der Waals surface area contributed by atoms with Crippen molar-refractivity contribution in [1.82, 2.24) is 4.90 Å². The van der Waals surface area contributed by atoms with E-state index in [2.05, 4.69) is 22.9 Å². The molecule has 0 atom stereocenters. The number of piperidine rings is 1. The first-order valence-corrected chi connectivity index (χ1v) is 7.03. The fourth-order valence-electron chi connectivity index (χ4n) is 2.26. The molecule has 0 bridgehead atoms. The Labute approximate surface area is 115 Å². The molecule has 18 heavy (non-hydrogen) atoms. The second kappa shape index (κ2) is 5.39. The first-order chi connectivity index (χ1) is 8.49. The lowest BCUT2D eigenvalue weighted by molar-refractivity contribution is 0.0692. The van der Waals surface area contributed by atoms with Crippen LogP contribution < -0.4 is 0 Å². The van der Waals surface area contributed by atoms with E-state index in [1.165, 1.54) is 0 Å². The number of carbonyl (C=O) groups is 1. The van der Waals surface area contributed by atoms with Crippen molar-refractivity contribution in [1.29, 1.82) is 0 Å². The third-order valence-corrected chi connectivity index (χ3v) is 4.05. The van der Waals surface area contributed by atoms with Gasteiger partial charge in [0.2, 0.25) is 0 Å². The summed E-state index contributed by atoms with van der Waals surface area (Å²) < 4.78 is 14.3. The molecule has 1 aromatic rings. The van der Waals surface area contributed by atoms with Gasteiger partial charge in [-0.05, 0) is 59.3 Å². The summed E-state index contributed by atoms with van der Waals surface area (Å²) in [6.07, 6.45) is 2.00. The maximum atomic E-state index is 14.0. The quantitative estimate of drug-likeness (QED) is 0.773. The molecule has 1 amide bonds. The smallest absolute Gasteiger partial charge is 0.256 e. The topological polar surface area (TPSA) is 20.3 Å². The molecule has 98 valence electrons. The third-order valence-electron chi connectivity index (χ3n) is 3.47. The van der Waals surface area contributed by atoms with Crippen molar-refractivity contribution in [3.05, 3.63) is 33.5 Å². The molecule has 1 aliphatic heterocycles. The van der Waals surface area contributed by atoms with Crippen molar-refractivity contribution in [2.45, 2.75) is 26.7 Å². The number of hydrogen-bond acceptors (Lipinski definition) is 1. The monoisotopic (exact) mass is 313 g/mol. The highest BCUT2D eigenvalue weighted by Crippen LogP contribution is 2.24. The van der Waals surface area contributed by atoms with E-state index in [1.807, 2.05) is 6.92 Å². The Morgan fingerprint density at radius 1 is 1.39 bits per heavy atom. The van der Waals surface area contributed by atoms with Crippen molar-refractivity contribution in [3.63, 3.8) is 0 Å². The van der Waals surface area contributed by atoms with Crippen molar-refractivity contribution >= 4 is 21.8 Å². The summed E-state index contributed by atoms with van der Waals surface area (Å²) in [5.74, 6) is 0.0103. The molecule has 0 aromatic heterocycles. The number of benzene rings is 1. The van der Waals surface area contributed by atoms with E-state index in [1.54, 1.807) is 17.0 Å². The maximum Gasteiger partial charge on any atom is 0.256 e. The summed E-state index contributed by atoms with van der Waals surface area (Å²) in [7, 11) is 0. The lowest BCUT2D eigenvalue weighted by Crippen LogP contribution is -2.38. The van der Waals surface area contributed by atoms with Crippen LogP contribution in [0, 0.1) is 18.7 Å². The van der Waals surface area contributed by atoms with E-state index in [4.69, 9.17) is 0 Å². The molecule has 1 aromatic carbocycles. The molecule has 1 heterocycles. The standard InChI is InChI=1S/C14H17BrFNO/c1-9-3-5-17(6-4-9)14(18)11-7-10(2)8-12(15)13(11)16/h7-9H,3-6H2,1-2H3. The van der Waals surface area contributed by atoms with Crippen molar-refractivity contribution < 1.29 is 9.18 Å². The zero-order valence-corrected chi connectivity index (χ0v) is 12.3. The van der Waals surface area contributed by atoms with Gasteiger partial charge >= 0.3 is 0 Å². The van der Waals surface area contributed by atoms with Crippen LogP contribution in [0.3, 0.4) is 0 Å². The first kappa shape index (κ1) is 13.5. The van der Waals surface area contributed by atoms with Gasteiger partial charge in [0.1, 0.15) is 5.82 Å². The van der Waals surface area contributed by atoms with Crippen LogP contribution >= 0.6 is 15.9 Å². The van der Waals surface area contributed by atoms with Gasteiger partial charge < -0.3 is 4.90 Å². The van der Waals surface area contributed by atoms with Crippen LogP contribution in [0.15, 0.2) is 16.6 Å². The second-order valence-corrected chi connectivity index (χ2v) is 5.94. The summed E-state index contributed by atoms with van der Waals surface area (Å²) in [6.45, 7) is 5.50. The molecular formula is C14H17BrFNO. The van der Waals surface area contributed by atoms with E-state index in [-0.39, 0.29) is 11.5 Å². The van der Waals surface area contributed by atoms with E-state index in [0.29, 0.717) is 10.4 Å². The number of amides is 1. The van der Waals surface area contributed by atoms with Crippen LogP contribution in [-0.4, -0.2) is 23.9 Å². The van der Waals surface area contributed by atoms with Gasteiger partial charge in [-0.15, -0.1) is 0 Å². The molecule has 0 unspecified atom stereocenters. The zero-order chi connectivity index (χ0) is 13.3. The number of halogens is 2. The third kappa shape index (κ3) is 2.74. The zero-order valence-electron chi connectivity index (χ0n) is 10.7. The van der Waals surface area contributed by atoms with Gasteiger partial charge in [-0.25, -0.2) is 4.39 Å². The van der Waals surface area contributed by atoms with E-state index >= 15 is 0 Å². The number of likely N-dealkylation sites (tertiary alicyclic amines) is 1. The summed E-state index contributed by atoms with van der Waals surface area (Å²) in [6, 6.07) is 3.31. The molecule has 0 saturated carbocycles.